The first-order valence-electron chi connectivity index (χ1n) is 10.8. The van der Waals surface area contributed by atoms with Crippen LogP contribution in [0, 0.1) is 5.92 Å². The Balaban J connectivity index is 1.32. The molecule has 1 saturated heterocycles. The van der Waals surface area contributed by atoms with Crippen LogP contribution >= 0.6 is 22.9 Å². The normalized spacial score (nSPS) is 14.8. The van der Waals surface area contributed by atoms with Crippen LogP contribution in [0.5, 0.6) is 5.75 Å². The number of ether oxygens (including phenoxy) is 2. The third kappa shape index (κ3) is 7.12. The second-order valence-corrected chi connectivity index (χ2v) is 9.32. The van der Waals surface area contributed by atoms with E-state index in [0.717, 1.165) is 38.9 Å². The van der Waals surface area contributed by atoms with E-state index in [1.807, 2.05) is 11.4 Å². The molecule has 1 fully saturated rings. The molecule has 0 bridgehead atoms. The zero-order valence-electron chi connectivity index (χ0n) is 18.3. The lowest BCUT2D eigenvalue weighted by molar-refractivity contribution is -0.121. The molecule has 32 heavy (non-hydrogen) atoms. The number of benzene rings is 1. The lowest BCUT2D eigenvalue weighted by atomic mass is 9.97. The Morgan fingerprint density at radius 1 is 1.31 bits per heavy atom. The van der Waals surface area contributed by atoms with Gasteiger partial charge in [0.15, 0.2) is 0 Å². The van der Waals surface area contributed by atoms with Crippen molar-refractivity contribution in [2.75, 3.05) is 45.6 Å². The van der Waals surface area contributed by atoms with Gasteiger partial charge in [-0.2, -0.15) is 0 Å². The van der Waals surface area contributed by atoms with E-state index in [1.54, 1.807) is 11.3 Å². The van der Waals surface area contributed by atoms with Crippen LogP contribution in [-0.4, -0.2) is 56.7 Å². The smallest absolute Gasteiger partial charge is 0.342 e. The Kier molecular flexibility index (Phi) is 9.20. The summed E-state index contributed by atoms with van der Waals surface area (Å²) in [6, 6.07) is 7.06. The van der Waals surface area contributed by atoms with E-state index < -0.39 is 5.97 Å². The number of piperidine rings is 1. The van der Waals surface area contributed by atoms with Crippen molar-refractivity contribution in [3.8, 4) is 5.75 Å². The SMILES string of the molecule is COc1cc(N)c(Cl)cc1C(=O)OCCN1CCC(CNC(=O)CCc2cccs2)CC1. The Morgan fingerprint density at radius 2 is 2.09 bits per heavy atom. The van der Waals surface area contributed by atoms with E-state index in [1.165, 1.54) is 24.1 Å². The van der Waals surface area contributed by atoms with E-state index >= 15 is 0 Å². The van der Waals surface area contributed by atoms with Crippen molar-refractivity contribution in [3.63, 3.8) is 0 Å². The van der Waals surface area contributed by atoms with Crippen molar-refractivity contribution in [1.29, 1.82) is 0 Å². The number of halogens is 1. The van der Waals surface area contributed by atoms with E-state index in [0.29, 0.717) is 35.3 Å². The van der Waals surface area contributed by atoms with E-state index in [-0.39, 0.29) is 18.1 Å². The summed E-state index contributed by atoms with van der Waals surface area (Å²) in [6.45, 7) is 3.52. The summed E-state index contributed by atoms with van der Waals surface area (Å²) in [4.78, 5) is 28.0. The summed E-state index contributed by atoms with van der Waals surface area (Å²) < 4.78 is 10.6. The van der Waals surface area contributed by atoms with Crippen LogP contribution in [0.1, 0.15) is 34.5 Å². The van der Waals surface area contributed by atoms with Crippen molar-refractivity contribution >= 4 is 40.5 Å². The number of hydrogen-bond donors (Lipinski definition) is 2. The van der Waals surface area contributed by atoms with Gasteiger partial charge in [0.05, 0.1) is 17.8 Å². The van der Waals surface area contributed by atoms with Crippen molar-refractivity contribution in [3.05, 3.63) is 45.1 Å². The number of nitrogens with two attached hydrogens (primary N) is 1. The number of carbonyl (C=O) groups is 2. The number of hydrogen-bond acceptors (Lipinski definition) is 7. The number of likely N-dealkylation sites (tertiary alicyclic amines) is 1. The molecule has 0 aliphatic carbocycles. The van der Waals surface area contributed by atoms with Crippen LogP contribution < -0.4 is 15.8 Å². The van der Waals surface area contributed by atoms with Crippen LogP contribution in [0.15, 0.2) is 29.6 Å². The van der Waals surface area contributed by atoms with Crippen molar-refractivity contribution in [2.24, 2.45) is 5.92 Å². The zero-order valence-corrected chi connectivity index (χ0v) is 19.8. The second-order valence-electron chi connectivity index (χ2n) is 7.88. The molecule has 0 spiro atoms. The summed E-state index contributed by atoms with van der Waals surface area (Å²) in [5.74, 6) is 0.464. The molecule has 1 aromatic carbocycles. The third-order valence-electron chi connectivity index (χ3n) is 5.65. The molecule has 0 radical (unpaired) electrons. The number of methoxy groups -OCH3 is 1. The van der Waals surface area contributed by atoms with Crippen LogP contribution in [0.25, 0.3) is 0 Å². The van der Waals surface area contributed by atoms with Crippen LogP contribution in [-0.2, 0) is 16.0 Å². The summed E-state index contributed by atoms with van der Waals surface area (Å²) in [5.41, 5.74) is 6.37. The van der Waals surface area contributed by atoms with E-state index in [4.69, 9.17) is 26.8 Å². The average Bonchev–Trinajstić information content (AvgIpc) is 3.32. The number of thiophene rings is 1. The van der Waals surface area contributed by atoms with Crippen LogP contribution in [0.2, 0.25) is 5.02 Å². The maximum atomic E-state index is 12.4. The Morgan fingerprint density at radius 3 is 2.78 bits per heavy atom. The Hall–Kier alpha value is -2.29. The Bertz CT molecular complexity index is 899. The van der Waals surface area contributed by atoms with Crippen LogP contribution in [0.3, 0.4) is 0 Å². The quantitative estimate of drug-likeness (QED) is 0.399. The number of carbonyl (C=O) groups excluding carboxylic acids is 2. The standard InChI is InChI=1S/C23H30ClN3O4S/c1-30-21-14-20(25)19(24)13-18(21)23(29)31-11-10-27-8-6-16(7-9-27)15-26-22(28)5-4-17-3-2-12-32-17/h2-3,12-14,16H,4-11,15,25H2,1H3,(H,26,28). The third-order valence-corrected chi connectivity index (χ3v) is 6.92. The predicted molar refractivity (Wildman–Crippen MR) is 128 cm³/mol. The lowest BCUT2D eigenvalue weighted by Crippen LogP contribution is -2.40. The van der Waals surface area contributed by atoms with Gasteiger partial charge in [-0.05, 0) is 55.8 Å². The summed E-state index contributed by atoms with van der Waals surface area (Å²) in [7, 11) is 1.47. The number of aryl methyl sites for hydroxylation is 1. The fraction of sp³-hybridized carbons (Fsp3) is 0.478. The van der Waals surface area contributed by atoms with Crippen molar-refractivity contribution in [2.45, 2.75) is 25.7 Å². The molecule has 2 aromatic rings. The lowest BCUT2D eigenvalue weighted by Gasteiger charge is -2.31. The molecule has 9 heteroatoms. The largest absolute Gasteiger partial charge is 0.496 e. The number of nitrogen functional groups attached to an aromatic ring is 1. The highest BCUT2D eigenvalue weighted by molar-refractivity contribution is 7.09. The van der Waals surface area contributed by atoms with Gasteiger partial charge in [0.2, 0.25) is 5.91 Å². The highest BCUT2D eigenvalue weighted by Crippen LogP contribution is 2.29. The van der Waals surface area contributed by atoms with Gasteiger partial charge in [-0.1, -0.05) is 17.7 Å². The number of nitrogens with zero attached hydrogens (tertiary/aromatic N) is 1. The molecule has 3 N–H and O–H groups in total. The van der Waals surface area contributed by atoms with Gasteiger partial charge in [-0.15, -0.1) is 11.3 Å². The number of amides is 1. The maximum absolute atomic E-state index is 12.4. The molecule has 7 nitrogen and oxygen atoms in total. The van der Waals surface area contributed by atoms with Gasteiger partial charge in [-0.3, -0.25) is 9.69 Å². The molecule has 2 heterocycles. The molecule has 1 aromatic heterocycles. The monoisotopic (exact) mass is 479 g/mol. The zero-order chi connectivity index (χ0) is 22.9. The summed E-state index contributed by atoms with van der Waals surface area (Å²) in [5, 5.41) is 5.40. The van der Waals surface area contributed by atoms with Crippen molar-refractivity contribution < 1.29 is 19.1 Å². The molecule has 0 saturated carbocycles. The van der Waals surface area contributed by atoms with Crippen LogP contribution in [0.4, 0.5) is 5.69 Å². The first-order chi connectivity index (χ1) is 15.5. The van der Waals surface area contributed by atoms with Gasteiger partial charge < -0.3 is 20.5 Å². The highest BCUT2D eigenvalue weighted by Gasteiger charge is 2.21. The maximum Gasteiger partial charge on any atom is 0.342 e. The molecule has 0 atom stereocenters. The van der Waals surface area contributed by atoms with Gasteiger partial charge >= 0.3 is 5.97 Å². The molecule has 3 rings (SSSR count). The molecule has 1 aliphatic rings. The second kappa shape index (κ2) is 12.1. The Labute approximate surface area is 197 Å². The average molecular weight is 480 g/mol. The first kappa shape index (κ1) is 24.4. The van der Waals surface area contributed by atoms with Gasteiger partial charge in [-0.25, -0.2) is 4.79 Å². The number of nitrogens with one attached hydrogen (secondary N) is 1. The fourth-order valence-electron chi connectivity index (χ4n) is 3.69. The van der Waals surface area contributed by atoms with Gasteiger partial charge in [0, 0.05) is 30.5 Å². The minimum absolute atomic E-state index is 0.117. The summed E-state index contributed by atoms with van der Waals surface area (Å²) >= 11 is 7.71. The molecule has 1 amide bonds. The molecule has 1 aliphatic heterocycles. The number of anilines is 1. The first-order valence-corrected chi connectivity index (χ1v) is 12.0. The molecular weight excluding hydrogens is 450 g/mol. The van der Waals surface area contributed by atoms with Gasteiger partial charge in [0.25, 0.3) is 0 Å². The number of esters is 1. The number of rotatable bonds is 10. The molecule has 0 unspecified atom stereocenters. The summed E-state index contributed by atoms with van der Waals surface area (Å²) in [6.07, 6.45) is 3.37. The minimum atomic E-state index is -0.483. The van der Waals surface area contributed by atoms with Crippen molar-refractivity contribution in [1.82, 2.24) is 10.2 Å². The minimum Gasteiger partial charge on any atom is -0.496 e. The molecular formula is C23H30ClN3O4S. The highest BCUT2D eigenvalue weighted by atomic mass is 35.5. The molecule has 174 valence electrons. The topological polar surface area (TPSA) is 93.9 Å². The predicted octanol–water partition coefficient (Wildman–Crippen LogP) is 3.61. The fourth-order valence-corrected chi connectivity index (χ4v) is 4.57. The van der Waals surface area contributed by atoms with Gasteiger partial charge in [0.1, 0.15) is 17.9 Å². The van der Waals surface area contributed by atoms with E-state index in [9.17, 15) is 9.59 Å². The van der Waals surface area contributed by atoms with E-state index in [2.05, 4.69) is 16.3 Å².